The number of aliphatic hydroxyl groups excluding tert-OH is 2. The second-order valence-corrected chi connectivity index (χ2v) is 9.73. The number of allylic oxidation sites excluding steroid dienone is 6. The first-order valence-electron chi connectivity index (χ1n) is 12.8. The first-order chi connectivity index (χ1) is 18.4. The van der Waals surface area contributed by atoms with Crippen molar-refractivity contribution in [2.24, 2.45) is 0 Å². The number of carboxylic acid groups (broad SMARTS) is 1. The number of aromatic nitrogens is 2. The van der Waals surface area contributed by atoms with Gasteiger partial charge in [0, 0.05) is 24.8 Å². The van der Waals surface area contributed by atoms with Crippen LogP contribution < -0.4 is 5.32 Å². The van der Waals surface area contributed by atoms with E-state index in [2.05, 4.69) is 5.32 Å². The molecule has 8 heteroatoms. The molecule has 7 nitrogen and oxygen atoms in total. The maximum Gasteiger partial charge on any atom is 0.303 e. The SMILES string of the molecule is O=C(O)CCCCc1nc2cc(C(O)NC3c4ccccc4CC3O)ccc2nc1C1=CC=C(F)CC=C1. The lowest BCUT2D eigenvalue weighted by Crippen LogP contribution is -2.32. The number of hydrogen-bond donors (Lipinski definition) is 4. The zero-order valence-electron chi connectivity index (χ0n) is 20.8. The van der Waals surface area contributed by atoms with Crippen molar-refractivity contribution in [3.8, 4) is 0 Å². The number of aliphatic carboxylic acids is 1. The van der Waals surface area contributed by atoms with Gasteiger partial charge in [-0.05, 0) is 54.2 Å². The number of carbonyl (C=O) groups is 1. The minimum absolute atomic E-state index is 0.0745. The maximum absolute atomic E-state index is 13.8. The van der Waals surface area contributed by atoms with Crippen LogP contribution in [0, 0.1) is 0 Å². The van der Waals surface area contributed by atoms with Gasteiger partial charge in [0.05, 0.1) is 34.6 Å². The number of nitrogens with zero attached hydrogens (tertiary/aromatic N) is 2. The molecule has 3 aromatic rings. The van der Waals surface area contributed by atoms with Gasteiger partial charge in [-0.15, -0.1) is 0 Å². The zero-order chi connectivity index (χ0) is 26.6. The second-order valence-electron chi connectivity index (χ2n) is 9.73. The highest BCUT2D eigenvalue weighted by Gasteiger charge is 2.32. The maximum atomic E-state index is 13.8. The monoisotopic (exact) mass is 515 g/mol. The molecule has 0 radical (unpaired) electrons. The number of nitrogens with one attached hydrogen (secondary N) is 1. The van der Waals surface area contributed by atoms with Crippen LogP contribution in [0.15, 0.2) is 72.6 Å². The standard InChI is InChI=1S/C30H30FN3O4/c31-21-8-5-7-18(12-14-21)28-24(10-3-4-11-27(36)37)32-25-16-20(13-15-23(25)33-28)30(38)34-29-22-9-2-1-6-19(22)17-26(29)35/h1-2,5-7,9,12-16,26,29-30,34-35,38H,3-4,8,10-11,17H2,(H,36,37). The summed E-state index contributed by atoms with van der Waals surface area (Å²) in [6.07, 6.45) is 7.45. The lowest BCUT2D eigenvalue weighted by Gasteiger charge is -2.22. The van der Waals surface area contributed by atoms with Crippen LogP contribution in [0.25, 0.3) is 16.6 Å². The molecule has 0 bridgehead atoms. The number of halogens is 1. The largest absolute Gasteiger partial charge is 0.481 e. The van der Waals surface area contributed by atoms with Gasteiger partial charge in [-0.3, -0.25) is 10.1 Å². The van der Waals surface area contributed by atoms with Crippen LogP contribution in [0.4, 0.5) is 4.39 Å². The molecule has 3 unspecified atom stereocenters. The number of benzene rings is 2. The molecule has 2 aliphatic carbocycles. The number of aliphatic hydroxyl groups is 2. The van der Waals surface area contributed by atoms with Gasteiger partial charge in [-0.25, -0.2) is 14.4 Å². The van der Waals surface area contributed by atoms with Crippen LogP contribution in [0.2, 0.25) is 0 Å². The highest BCUT2D eigenvalue weighted by Crippen LogP contribution is 2.33. The molecule has 1 aromatic heterocycles. The number of rotatable bonds is 9. The predicted molar refractivity (Wildman–Crippen MR) is 143 cm³/mol. The van der Waals surface area contributed by atoms with Gasteiger partial charge in [-0.1, -0.05) is 48.6 Å². The molecular formula is C30H30FN3O4. The molecule has 0 amide bonds. The third-order valence-corrected chi connectivity index (χ3v) is 7.00. The van der Waals surface area contributed by atoms with E-state index in [4.69, 9.17) is 15.1 Å². The Kier molecular flexibility index (Phi) is 7.74. The summed E-state index contributed by atoms with van der Waals surface area (Å²) in [5, 5.41) is 33.7. The number of hydrogen-bond acceptors (Lipinski definition) is 6. The average molecular weight is 516 g/mol. The van der Waals surface area contributed by atoms with Gasteiger partial charge in [0.2, 0.25) is 0 Å². The summed E-state index contributed by atoms with van der Waals surface area (Å²) in [6.45, 7) is 0. The van der Waals surface area contributed by atoms with Crippen molar-refractivity contribution in [1.29, 1.82) is 0 Å². The molecule has 1 heterocycles. The summed E-state index contributed by atoms with van der Waals surface area (Å²) in [7, 11) is 0. The van der Waals surface area contributed by atoms with Crippen LogP contribution in [0.3, 0.4) is 0 Å². The van der Waals surface area contributed by atoms with Gasteiger partial charge in [0.25, 0.3) is 0 Å². The Morgan fingerprint density at radius 1 is 1.11 bits per heavy atom. The van der Waals surface area contributed by atoms with Crippen LogP contribution in [0.5, 0.6) is 0 Å². The number of carboxylic acids is 1. The normalized spacial score (nSPS) is 19.6. The van der Waals surface area contributed by atoms with E-state index < -0.39 is 24.3 Å². The second kappa shape index (κ2) is 11.3. The van der Waals surface area contributed by atoms with Crippen molar-refractivity contribution in [3.05, 3.63) is 101 Å². The zero-order valence-corrected chi connectivity index (χ0v) is 20.8. The van der Waals surface area contributed by atoms with Crippen LogP contribution >= 0.6 is 0 Å². The molecule has 5 rings (SSSR count). The minimum Gasteiger partial charge on any atom is -0.481 e. The van der Waals surface area contributed by atoms with E-state index in [1.165, 1.54) is 6.08 Å². The molecule has 0 saturated heterocycles. The Hall–Kier alpha value is -3.72. The molecule has 2 aromatic carbocycles. The summed E-state index contributed by atoms with van der Waals surface area (Å²) in [4.78, 5) is 20.6. The molecule has 0 saturated carbocycles. The van der Waals surface area contributed by atoms with Crippen molar-refractivity contribution in [1.82, 2.24) is 15.3 Å². The van der Waals surface area contributed by atoms with Crippen molar-refractivity contribution < 1.29 is 24.5 Å². The Bertz CT molecular complexity index is 1450. The van der Waals surface area contributed by atoms with E-state index in [1.807, 2.05) is 30.3 Å². The molecular weight excluding hydrogens is 485 g/mol. The highest BCUT2D eigenvalue weighted by molar-refractivity contribution is 5.82. The quantitative estimate of drug-likeness (QED) is 0.238. The van der Waals surface area contributed by atoms with Crippen LogP contribution in [-0.2, 0) is 17.6 Å². The molecule has 0 spiro atoms. The summed E-state index contributed by atoms with van der Waals surface area (Å²) in [5.41, 5.74) is 5.90. The van der Waals surface area contributed by atoms with Crippen molar-refractivity contribution in [2.45, 2.75) is 56.9 Å². The molecule has 4 N–H and O–H groups in total. The van der Waals surface area contributed by atoms with Crippen LogP contribution in [-0.4, -0.2) is 37.4 Å². The van der Waals surface area contributed by atoms with Gasteiger partial charge < -0.3 is 15.3 Å². The highest BCUT2D eigenvalue weighted by atomic mass is 19.1. The van der Waals surface area contributed by atoms with E-state index in [-0.39, 0.29) is 18.7 Å². The number of unbranched alkanes of at least 4 members (excludes halogenated alkanes) is 1. The molecule has 3 atom stereocenters. The van der Waals surface area contributed by atoms with Crippen molar-refractivity contribution in [2.75, 3.05) is 0 Å². The molecule has 2 aliphatic rings. The predicted octanol–water partition coefficient (Wildman–Crippen LogP) is 4.86. The lowest BCUT2D eigenvalue weighted by atomic mass is 10.0. The van der Waals surface area contributed by atoms with E-state index in [0.29, 0.717) is 53.7 Å². The van der Waals surface area contributed by atoms with Crippen LogP contribution in [0.1, 0.15) is 66.0 Å². The van der Waals surface area contributed by atoms with Gasteiger partial charge in [0.1, 0.15) is 12.1 Å². The first-order valence-corrected chi connectivity index (χ1v) is 12.8. The van der Waals surface area contributed by atoms with Crippen molar-refractivity contribution in [3.63, 3.8) is 0 Å². The van der Waals surface area contributed by atoms with E-state index in [9.17, 15) is 19.4 Å². The first kappa shape index (κ1) is 25.9. The molecule has 196 valence electrons. The Morgan fingerprint density at radius 2 is 1.95 bits per heavy atom. The lowest BCUT2D eigenvalue weighted by molar-refractivity contribution is -0.137. The molecule has 38 heavy (non-hydrogen) atoms. The fraction of sp³-hybridized carbons (Fsp3) is 0.300. The molecule has 0 aliphatic heterocycles. The minimum atomic E-state index is -1.04. The number of aryl methyl sites for hydroxylation is 1. The Labute approximate surface area is 220 Å². The topological polar surface area (TPSA) is 116 Å². The average Bonchev–Trinajstić information content (AvgIpc) is 3.05. The van der Waals surface area contributed by atoms with E-state index >= 15 is 0 Å². The van der Waals surface area contributed by atoms with Crippen molar-refractivity contribution >= 4 is 22.6 Å². The summed E-state index contributed by atoms with van der Waals surface area (Å²) in [5.74, 6) is -1.08. The fourth-order valence-corrected chi connectivity index (χ4v) is 5.05. The van der Waals surface area contributed by atoms with E-state index in [0.717, 1.165) is 16.7 Å². The van der Waals surface area contributed by atoms with Gasteiger partial charge >= 0.3 is 5.97 Å². The molecule has 0 fully saturated rings. The summed E-state index contributed by atoms with van der Waals surface area (Å²) >= 11 is 0. The Balaban J connectivity index is 1.44. The third kappa shape index (κ3) is 5.72. The fourth-order valence-electron chi connectivity index (χ4n) is 5.05. The van der Waals surface area contributed by atoms with Gasteiger partial charge in [0.15, 0.2) is 0 Å². The smallest absolute Gasteiger partial charge is 0.303 e. The number of fused-ring (bicyclic) bond motifs is 2. The Morgan fingerprint density at radius 3 is 2.79 bits per heavy atom. The third-order valence-electron chi connectivity index (χ3n) is 7.00. The van der Waals surface area contributed by atoms with E-state index in [1.54, 1.807) is 30.4 Å². The summed E-state index contributed by atoms with van der Waals surface area (Å²) < 4.78 is 13.8. The van der Waals surface area contributed by atoms with Gasteiger partial charge in [-0.2, -0.15) is 0 Å². The summed E-state index contributed by atoms with van der Waals surface area (Å²) in [6, 6.07) is 12.7.